The van der Waals surface area contributed by atoms with Gasteiger partial charge < -0.3 is 5.32 Å². The third-order valence-corrected chi connectivity index (χ3v) is 10.2. The zero-order valence-electron chi connectivity index (χ0n) is 17.2. The molecule has 0 radical (unpaired) electrons. The van der Waals surface area contributed by atoms with Crippen molar-refractivity contribution in [2.45, 2.75) is 31.2 Å². The molecule has 1 saturated heterocycles. The van der Waals surface area contributed by atoms with Crippen molar-refractivity contribution in [2.24, 2.45) is 0 Å². The second kappa shape index (κ2) is 9.41. The molecule has 0 bridgehead atoms. The van der Waals surface area contributed by atoms with E-state index >= 15 is 0 Å². The van der Waals surface area contributed by atoms with Crippen molar-refractivity contribution in [3.63, 3.8) is 0 Å². The normalized spacial score (nSPS) is 17.2. The minimum Gasteiger partial charge on any atom is -0.354 e. The van der Waals surface area contributed by atoms with Gasteiger partial charge in [0, 0.05) is 24.1 Å². The van der Waals surface area contributed by atoms with E-state index in [1.165, 1.54) is 16.1 Å². The van der Waals surface area contributed by atoms with Gasteiger partial charge in [0.25, 0.3) is 0 Å². The molecule has 10 heteroatoms. The monoisotopic (exact) mass is 493 g/mol. The van der Waals surface area contributed by atoms with E-state index in [0.29, 0.717) is 18.7 Å². The molecule has 1 aliphatic heterocycles. The van der Waals surface area contributed by atoms with E-state index < -0.39 is 16.1 Å². The van der Waals surface area contributed by atoms with Gasteiger partial charge in [0.15, 0.2) is 0 Å². The minimum absolute atomic E-state index is 0.236. The predicted molar refractivity (Wildman–Crippen MR) is 128 cm³/mol. The van der Waals surface area contributed by atoms with Crippen LogP contribution in [0.5, 0.6) is 0 Å². The Morgan fingerprint density at radius 1 is 1.23 bits per heavy atom. The fourth-order valence-corrected chi connectivity index (χ4v) is 8.15. The average Bonchev–Trinajstić information content (AvgIpc) is 3.50. The van der Waals surface area contributed by atoms with Gasteiger partial charge in [-0.25, -0.2) is 13.4 Å². The zero-order chi connectivity index (χ0) is 22.0. The molecule has 2 aromatic heterocycles. The van der Waals surface area contributed by atoms with E-state index in [0.717, 1.165) is 26.7 Å². The van der Waals surface area contributed by atoms with Gasteiger partial charge in [-0.2, -0.15) is 4.31 Å². The summed E-state index contributed by atoms with van der Waals surface area (Å²) in [7, 11) is -3.73. The number of thiazole rings is 1. The first-order valence-corrected chi connectivity index (χ1v) is 14.1. The number of benzene rings is 1. The van der Waals surface area contributed by atoms with Gasteiger partial charge in [0.2, 0.25) is 15.9 Å². The third-order valence-electron chi connectivity index (χ3n) is 5.19. The smallest absolute Gasteiger partial charge is 0.244 e. The van der Waals surface area contributed by atoms with Gasteiger partial charge >= 0.3 is 0 Å². The summed E-state index contributed by atoms with van der Waals surface area (Å²) in [5.74, 6) is 0.477. The third kappa shape index (κ3) is 4.88. The molecule has 31 heavy (non-hydrogen) atoms. The van der Waals surface area contributed by atoms with Crippen LogP contribution in [0.2, 0.25) is 0 Å². The summed E-state index contributed by atoms with van der Waals surface area (Å²) in [5.41, 5.74) is 2.88. The lowest BCUT2D eigenvalue weighted by molar-refractivity contribution is -0.123. The van der Waals surface area contributed by atoms with Crippen molar-refractivity contribution in [3.8, 4) is 9.88 Å². The first-order valence-electron chi connectivity index (χ1n) is 9.79. The van der Waals surface area contributed by atoms with E-state index in [1.54, 1.807) is 40.9 Å². The largest absolute Gasteiger partial charge is 0.354 e. The Morgan fingerprint density at radius 2 is 2.06 bits per heavy atom. The number of rotatable bonds is 7. The lowest BCUT2D eigenvalue weighted by Gasteiger charge is -2.23. The van der Waals surface area contributed by atoms with Crippen molar-refractivity contribution in [3.05, 3.63) is 57.9 Å². The van der Waals surface area contributed by atoms with Crippen LogP contribution < -0.4 is 5.32 Å². The molecule has 1 fully saturated rings. The summed E-state index contributed by atoms with van der Waals surface area (Å²) in [4.78, 5) is 18.8. The van der Waals surface area contributed by atoms with Crippen LogP contribution in [0.4, 0.5) is 0 Å². The minimum atomic E-state index is -3.73. The van der Waals surface area contributed by atoms with E-state index in [4.69, 9.17) is 0 Å². The SMILES string of the molecule is Cc1ccc(S(=O)(=O)N2CSC[C@@H]2C(=O)NCCc2csc(-c3cccs3)n2)cc1C. The number of aromatic nitrogens is 1. The van der Waals surface area contributed by atoms with Gasteiger partial charge in [-0.05, 0) is 48.6 Å². The van der Waals surface area contributed by atoms with Crippen LogP contribution in [-0.2, 0) is 21.2 Å². The summed E-state index contributed by atoms with van der Waals surface area (Å²) in [6.07, 6.45) is 0.609. The van der Waals surface area contributed by atoms with E-state index in [-0.39, 0.29) is 16.7 Å². The predicted octanol–water partition coefficient (Wildman–Crippen LogP) is 3.91. The first-order chi connectivity index (χ1) is 14.9. The second-order valence-corrected chi connectivity index (χ2v) is 12.0. The number of hydrogen-bond acceptors (Lipinski definition) is 7. The Morgan fingerprint density at radius 3 is 2.81 bits per heavy atom. The number of hydrogen-bond donors (Lipinski definition) is 1. The molecule has 0 saturated carbocycles. The molecule has 1 atom stereocenters. The lowest BCUT2D eigenvalue weighted by Crippen LogP contribution is -2.47. The van der Waals surface area contributed by atoms with E-state index in [2.05, 4.69) is 10.3 Å². The van der Waals surface area contributed by atoms with Crippen LogP contribution in [-0.4, -0.2) is 47.8 Å². The number of aryl methyl sites for hydroxylation is 2. The Hall–Kier alpha value is -1.72. The highest BCUT2D eigenvalue weighted by molar-refractivity contribution is 8.00. The highest BCUT2D eigenvalue weighted by atomic mass is 32.2. The molecule has 1 aliphatic rings. The number of thioether (sulfide) groups is 1. The summed E-state index contributed by atoms with van der Waals surface area (Å²) in [5, 5.41) is 7.91. The maximum absolute atomic E-state index is 13.1. The summed E-state index contributed by atoms with van der Waals surface area (Å²) < 4.78 is 27.6. The number of sulfonamides is 1. The number of carbonyl (C=O) groups excluding carboxylic acids is 1. The number of nitrogens with zero attached hydrogens (tertiary/aromatic N) is 2. The van der Waals surface area contributed by atoms with Crippen LogP contribution in [0.1, 0.15) is 16.8 Å². The Balaban J connectivity index is 1.38. The van der Waals surface area contributed by atoms with Gasteiger partial charge in [-0.1, -0.05) is 12.1 Å². The molecular formula is C21H23N3O3S4. The number of amides is 1. The van der Waals surface area contributed by atoms with Crippen LogP contribution in [0.25, 0.3) is 9.88 Å². The number of carbonyl (C=O) groups is 1. The molecule has 1 amide bonds. The van der Waals surface area contributed by atoms with Crippen LogP contribution in [0.15, 0.2) is 46.0 Å². The molecule has 164 valence electrons. The van der Waals surface area contributed by atoms with E-state index in [9.17, 15) is 13.2 Å². The first kappa shape index (κ1) is 22.5. The Bertz CT molecular complexity index is 1170. The molecule has 0 unspecified atom stereocenters. The fraction of sp³-hybridized carbons (Fsp3) is 0.333. The molecule has 6 nitrogen and oxygen atoms in total. The van der Waals surface area contributed by atoms with Gasteiger partial charge in [0.05, 0.1) is 21.3 Å². The molecule has 0 aliphatic carbocycles. The van der Waals surface area contributed by atoms with Crippen LogP contribution in [0.3, 0.4) is 0 Å². The van der Waals surface area contributed by atoms with Gasteiger partial charge in [-0.3, -0.25) is 4.79 Å². The average molecular weight is 494 g/mol. The van der Waals surface area contributed by atoms with Crippen molar-refractivity contribution in [1.82, 2.24) is 14.6 Å². The summed E-state index contributed by atoms with van der Waals surface area (Å²) in [6, 6.07) is 8.43. The molecule has 1 N–H and O–H groups in total. The maximum Gasteiger partial charge on any atom is 0.244 e. The van der Waals surface area contributed by atoms with Gasteiger partial charge in [0.1, 0.15) is 11.0 Å². The maximum atomic E-state index is 13.1. The Kier molecular flexibility index (Phi) is 6.83. The summed E-state index contributed by atoms with van der Waals surface area (Å²) in [6.45, 7) is 4.25. The second-order valence-electron chi connectivity index (χ2n) is 7.32. The topological polar surface area (TPSA) is 79.4 Å². The molecule has 3 heterocycles. The van der Waals surface area contributed by atoms with Crippen molar-refractivity contribution in [2.75, 3.05) is 18.2 Å². The quantitative estimate of drug-likeness (QED) is 0.540. The highest BCUT2D eigenvalue weighted by Crippen LogP contribution is 2.30. The number of nitrogens with one attached hydrogen (secondary N) is 1. The molecule has 4 rings (SSSR count). The number of thiophene rings is 1. The van der Waals surface area contributed by atoms with Crippen molar-refractivity contribution in [1.29, 1.82) is 0 Å². The van der Waals surface area contributed by atoms with Crippen molar-refractivity contribution >= 4 is 50.4 Å². The van der Waals surface area contributed by atoms with Crippen LogP contribution in [0, 0.1) is 13.8 Å². The summed E-state index contributed by atoms with van der Waals surface area (Å²) >= 11 is 4.70. The molecular weight excluding hydrogens is 471 g/mol. The van der Waals surface area contributed by atoms with Crippen molar-refractivity contribution < 1.29 is 13.2 Å². The van der Waals surface area contributed by atoms with Crippen LogP contribution >= 0.6 is 34.4 Å². The van der Waals surface area contributed by atoms with E-state index in [1.807, 2.05) is 36.7 Å². The Labute approximate surface area is 194 Å². The standard InChI is InChI=1S/C21H23N3O3S4/c1-14-5-6-17(10-15(14)2)31(26,27)24-13-28-12-18(24)20(25)22-8-7-16-11-30-21(23-16)19-4-3-9-29-19/h3-6,9-11,18H,7-8,12-13H2,1-2H3,(H,22,25)/t18-/m1/s1. The molecule has 1 aromatic carbocycles. The van der Waals surface area contributed by atoms with Gasteiger partial charge in [-0.15, -0.1) is 34.4 Å². The fourth-order valence-electron chi connectivity index (χ4n) is 3.25. The zero-order valence-corrected chi connectivity index (χ0v) is 20.5. The molecule has 3 aromatic rings. The lowest BCUT2D eigenvalue weighted by atomic mass is 10.1. The molecule has 0 spiro atoms. The highest BCUT2D eigenvalue weighted by Gasteiger charge is 2.40.